The first kappa shape index (κ1) is 41.6. The van der Waals surface area contributed by atoms with Crippen molar-refractivity contribution in [1.82, 2.24) is 0 Å². The van der Waals surface area contributed by atoms with E-state index in [1.807, 2.05) is 0 Å². The number of carbonyl (C=O) groups excluding carboxylic acids is 3. The van der Waals surface area contributed by atoms with E-state index >= 15 is 0 Å². The van der Waals surface area contributed by atoms with Gasteiger partial charge in [0, 0.05) is 38.6 Å². The zero-order valence-electron chi connectivity index (χ0n) is 31.8. The predicted octanol–water partition coefficient (Wildman–Crippen LogP) is 1.74. The fourth-order valence-electron chi connectivity index (χ4n) is 8.04. The van der Waals surface area contributed by atoms with Gasteiger partial charge in [0.1, 0.15) is 48.3 Å². The second-order valence-electron chi connectivity index (χ2n) is 15.3. The standard InChI is InChI=1S/C37H56O16/c1-17-10-13-26(39)48-20(4)23(16-46-33-31(45-9)30(44-8)27(40)21(5)49-33)29-24(51-29)11-12-25(38)36(7,43)14-18(2)28(17)52-34-32(41)37(15-19(3)47-34)22(6)50-35(42)53-37/h10-13,17-24,27-34,40-41,43H,14-16H2,1-9H3. The van der Waals surface area contributed by atoms with E-state index in [0.29, 0.717) is 0 Å². The quantitative estimate of drug-likeness (QED) is 0.250. The van der Waals surface area contributed by atoms with Crippen LogP contribution < -0.4 is 0 Å². The highest BCUT2D eigenvalue weighted by atomic mass is 16.8. The summed E-state index contributed by atoms with van der Waals surface area (Å²) < 4.78 is 58.1. The zero-order valence-corrected chi connectivity index (χ0v) is 31.8. The first-order chi connectivity index (χ1) is 24.9. The van der Waals surface area contributed by atoms with Crippen LogP contribution in [0.4, 0.5) is 4.79 Å². The van der Waals surface area contributed by atoms with Crippen molar-refractivity contribution in [2.75, 3.05) is 20.8 Å². The van der Waals surface area contributed by atoms with Crippen molar-refractivity contribution >= 4 is 17.9 Å². The van der Waals surface area contributed by atoms with Gasteiger partial charge in [-0.15, -0.1) is 0 Å². The van der Waals surface area contributed by atoms with Crippen LogP contribution in [0, 0.1) is 17.8 Å². The van der Waals surface area contributed by atoms with Crippen LogP contribution in [-0.2, 0) is 57.0 Å². The van der Waals surface area contributed by atoms with Gasteiger partial charge in [0.05, 0.1) is 31.0 Å². The van der Waals surface area contributed by atoms with Crippen LogP contribution in [0.15, 0.2) is 24.3 Å². The van der Waals surface area contributed by atoms with Crippen molar-refractivity contribution in [2.24, 2.45) is 17.8 Å². The molecule has 4 fully saturated rings. The molecule has 1 spiro atoms. The van der Waals surface area contributed by atoms with Crippen molar-refractivity contribution in [3.8, 4) is 0 Å². The van der Waals surface area contributed by atoms with Gasteiger partial charge in [-0.05, 0) is 59.1 Å². The van der Waals surface area contributed by atoms with E-state index in [1.165, 1.54) is 33.3 Å². The Morgan fingerprint density at radius 1 is 0.830 bits per heavy atom. The first-order valence-electron chi connectivity index (χ1n) is 18.3. The van der Waals surface area contributed by atoms with Gasteiger partial charge in [-0.1, -0.05) is 19.9 Å². The Morgan fingerprint density at radius 2 is 1.53 bits per heavy atom. The Balaban J connectivity index is 1.37. The minimum Gasteiger partial charge on any atom is -0.459 e. The normalized spacial score (nSPS) is 48.2. The number of carbonyl (C=O) groups is 3. The molecular weight excluding hydrogens is 700 g/mol. The van der Waals surface area contributed by atoms with Gasteiger partial charge in [0.15, 0.2) is 24.0 Å². The molecule has 0 saturated carbocycles. The minimum absolute atomic E-state index is 0.00493. The van der Waals surface area contributed by atoms with Gasteiger partial charge in [-0.3, -0.25) is 4.79 Å². The van der Waals surface area contributed by atoms with Crippen molar-refractivity contribution in [3.63, 3.8) is 0 Å². The maximum Gasteiger partial charge on any atom is 0.509 e. The SMILES string of the molecule is COC1C(OCC2C(C)OC(=O)C=CC(C)C(OC3OC(C)CC4(OC(=O)OC4C)C3O)C(C)CC(C)(O)C(=O)C=CC3OC32)OC(C)C(O)C1OC. The minimum atomic E-state index is -1.83. The maximum absolute atomic E-state index is 13.4. The van der Waals surface area contributed by atoms with E-state index in [4.69, 9.17) is 47.4 Å². The number of hydrogen-bond acceptors (Lipinski definition) is 16. The maximum atomic E-state index is 13.4. The van der Waals surface area contributed by atoms with Crippen molar-refractivity contribution < 1.29 is 77.1 Å². The molecular formula is C37H56O16. The highest BCUT2D eigenvalue weighted by Crippen LogP contribution is 2.43. The summed E-state index contributed by atoms with van der Waals surface area (Å²) in [5.41, 5.74) is -3.23. The summed E-state index contributed by atoms with van der Waals surface area (Å²) in [5, 5.41) is 33.5. The lowest BCUT2D eigenvalue weighted by molar-refractivity contribution is -0.309. The summed E-state index contributed by atoms with van der Waals surface area (Å²) in [6.45, 7) is 11.8. The molecule has 5 aliphatic heterocycles. The van der Waals surface area contributed by atoms with E-state index in [2.05, 4.69) is 0 Å². The third kappa shape index (κ3) is 8.98. The molecule has 0 aliphatic carbocycles. The molecule has 0 amide bonds. The Bertz CT molecular complexity index is 1370. The van der Waals surface area contributed by atoms with Crippen LogP contribution in [0.1, 0.15) is 61.3 Å². The molecule has 3 N–H and O–H groups in total. The largest absolute Gasteiger partial charge is 0.509 e. The highest BCUT2D eigenvalue weighted by molar-refractivity contribution is 5.96. The number of aliphatic hydroxyl groups is 3. The number of rotatable bonds is 7. The number of esters is 1. The third-order valence-corrected chi connectivity index (χ3v) is 11.2. The molecule has 0 aromatic rings. The molecule has 5 aliphatic rings. The molecule has 0 aromatic carbocycles. The fourth-order valence-corrected chi connectivity index (χ4v) is 8.04. The van der Waals surface area contributed by atoms with E-state index in [-0.39, 0.29) is 19.4 Å². The van der Waals surface area contributed by atoms with Crippen LogP contribution in [0.3, 0.4) is 0 Å². The molecule has 4 saturated heterocycles. The van der Waals surface area contributed by atoms with Crippen molar-refractivity contribution in [2.45, 2.75) is 152 Å². The van der Waals surface area contributed by atoms with Gasteiger partial charge in [-0.25, -0.2) is 9.59 Å². The monoisotopic (exact) mass is 756 g/mol. The van der Waals surface area contributed by atoms with E-state index in [1.54, 1.807) is 53.7 Å². The number of ether oxygens (including phenoxy) is 10. The lowest BCUT2D eigenvalue weighted by Crippen LogP contribution is -2.62. The molecule has 53 heavy (non-hydrogen) atoms. The summed E-state index contributed by atoms with van der Waals surface area (Å²) in [5.74, 6) is -2.80. The number of ketones is 1. The van der Waals surface area contributed by atoms with E-state index in [9.17, 15) is 29.7 Å². The average molecular weight is 757 g/mol. The van der Waals surface area contributed by atoms with Crippen molar-refractivity contribution in [1.29, 1.82) is 0 Å². The van der Waals surface area contributed by atoms with Gasteiger partial charge in [-0.2, -0.15) is 0 Å². The predicted molar refractivity (Wildman–Crippen MR) is 182 cm³/mol. The molecule has 18 unspecified atom stereocenters. The Morgan fingerprint density at radius 3 is 2.17 bits per heavy atom. The van der Waals surface area contributed by atoms with E-state index < -0.39 is 127 Å². The highest BCUT2D eigenvalue weighted by Gasteiger charge is 2.61. The first-order valence-corrected chi connectivity index (χ1v) is 18.3. The molecule has 0 radical (unpaired) electrons. The van der Waals surface area contributed by atoms with E-state index in [0.717, 1.165) is 0 Å². The summed E-state index contributed by atoms with van der Waals surface area (Å²) in [7, 11) is 2.92. The smallest absolute Gasteiger partial charge is 0.459 e. The molecule has 300 valence electrons. The topological polar surface area (TPSA) is 207 Å². The lowest BCUT2D eigenvalue weighted by atomic mass is 9.81. The molecule has 5 rings (SSSR count). The summed E-state index contributed by atoms with van der Waals surface area (Å²) in [4.78, 5) is 38.8. The van der Waals surface area contributed by atoms with Crippen LogP contribution in [0.2, 0.25) is 0 Å². The van der Waals surface area contributed by atoms with Crippen LogP contribution >= 0.6 is 0 Å². The van der Waals surface area contributed by atoms with Crippen LogP contribution in [0.25, 0.3) is 0 Å². The molecule has 16 heteroatoms. The van der Waals surface area contributed by atoms with Gasteiger partial charge in [0.25, 0.3) is 0 Å². The summed E-state index contributed by atoms with van der Waals surface area (Å²) in [6, 6.07) is 0. The second kappa shape index (κ2) is 16.7. The Hall–Kier alpha value is -2.51. The van der Waals surface area contributed by atoms with Crippen LogP contribution in [-0.4, -0.2) is 145 Å². The summed E-state index contributed by atoms with van der Waals surface area (Å²) >= 11 is 0. The number of fused-ring (bicyclic) bond motifs is 1. The zero-order chi connectivity index (χ0) is 39.0. The number of hydrogen-bond donors (Lipinski definition) is 3. The van der Waals surface area contributed by atoms with Gasteiger partial charge in [0.2, 0.25) is 0 Å². The third-order valence-electron chi connectivity index (χ3n) is 11.2. The second-order valence-corrected chi connectivity index (χ2v) is 15.3. The van der Waals surface area contributed by atoms with Gasteiger partial charge >= 0.3 is 12.1 Å². The molecule has 5 heterocycles. The number of epoxide rings is 1. The summed E-state index contributed by atoms with van der Waals surface area (Å²) in [6.07, 6.45) is -5.61. The van der Waals surface area contributed by atoms with Crippen LogP contribution in [0.5, 0.6) is 0 Å². The molecule has 18 atom stereocenters. The number of cyclic esters (lactones) is 2. The Labute approximate surface area is 309 Å². The Kier molecular flexibility index (Phi) is 13.1. The molecule has 16 nitrogen and oxygen atoms in total. The van der Waals surface area contributed by atoms with Gasteiger partial charge < -0.3 is 62.7 Å². The number of methoxy groups -OCH3 is 2. The average Bonchev–Trinajstić information content (AvgIpc) is 3.79. The van der Waals surface area contributed by atoms with Crippen molar-refractivity contribution in [3.05, 3.63) is 24.3 Å². The number of aliphatic hydroxyl groups excluding tert-OH is 2. The molecule has 0 bridgehead atoms. The molecule has 0 aromatic heterocycles. The lowest BCUT2D eigenvalue weighted by Gasteiger charge is -2.46. The fraction of sp³-hybridized carbons (Fsp3) is 0.811.